The molecule has 1 aliphatic heterocycles. The highest BCUT2D eigenvalue weighted by atomic mass is 19.1. The molecule has 6 heteroatoms. The average molecular weight is 366 g/mol. The van der Waals surface area contributed by atoms with E-state index in [9.17, 15) is 9.18 Å². The Morgan fingerprint density at radius 3 is 2.73 bits per heavy atom. The quantitative estimate of drug-likeness (QED) is 0.794. The SMILES string of the molecule is COc1ccc(N)c(CCCC2CCN(C(=O)OC(C)(C)C)CC2F)c1. The van der Waals surface area contributed by atoms with Crippen LogP contribution in [-0.4, -0.2) is 43.0 Å². The van der Waals surface area contributed by atoms with Crippen LogP contribution < -0.4 is 10.5 Å². The minimum Gasteiger partial charge on any atom is -0.497 e. The van der Waals surface area contributed by atoms with Crippen molar-refractivity contribution >= 4 is 11.8 Å². The predicted octanol–water partition coefficient (Wildman–Crippen LogP) is 4.20. The molecule has 0 aromatic heterocycles. The molecule has 1 fully saturated rings. The van der Waals surface area contributed by atoms with Gasteiger partial charge in [0.05, 0.1) is 13.7 Å². The van der Waals surface area contributed by atoms with Crippen molar-refractivity contribution in [1.82, 2.24) is 4.90 Å². The Labute approximate surface area is 155 Å². The number of carbonyl (C=O) groups excluding carboxylic acids is 1. The third-order valence-electron chi connectivity index (χ3n) is 4.70. The van der Waals surface area contributed by atoms with Gasteiger partial charge < -0.3 is 20.1 Å². The molecule has 0 radical (unpaired) electrons. The van der Waals surface area contributed by atoms with Crippen molar-refractivity contribution in [3.63, 3.8) is 0 Å². The monoisotopic (exact) mass is 366 g/mol. The molecule has 2 N–H and O–H groups in total. The van der Waals surface area contributed by atoms with E-state index < -0.39 is 17.9 Å². The molecule has 1 heterocycles. The highest BCUT2D eigenvalue weighted by Crippen LogP contribution is 2.28. The number of methoxy groups -OCH3 is 1. The first kappa shape index (κ1) is 20.3. The second-order valence-corrected chi connectivity index (χ2v) is 7.95. The molecule has 2 unspecified atom stereocenters. The number of nitrogen functional groups attached to an aromatic ring is 1. The number of halogens is 1. The van der Waals surface area contributed by atoms with Crippen molar-refractivity contribution < 1.29 is 18.7 Å². The van der Waals surface area contributed by atoms with Crippen molar-refractivity contribution in [3.05, 3.63) is 23.8 Å². The standard InChI is InChI=1S/C20H31FN2O3/c1-20(2,3)26-19(24)23-11-10-14(17(21)13-23)6-5-7-15-12-16(25-4)8-9-18(15)22/h8-9,12,14,17H,5-7,10-11,13,22H2,1-4H3. The van der Waals surface area contributed by atoms with Gasteiger partial charge in [-0.1, -0.05) is 0 Å². The molecule has 0 bridgehead atoms. The second kappa shape index (κ2) is 8.60. The lowest BCUT2D eigenvalue weighted by Crippen LogP contribution is -2.46. The number of nitrogens with zero attached hydrogens (tertiary/aromatic N) is 1. The van der Waals surface area contributed by atoms with Crippen LogP contribution in [-0.2, 0) is 11.2 Å². The topological polar surface area (TPSA) is 64.8 Å². The molecule has 2 rings (SSSR count). The molecular weight excluding hydrogens is 335 g/mol. The molecule has 1 aliphatic rings. The van der Waals surface area contributed by atoms with Gasteiger partial charge in [-0.25, -0.2) is 9.18 Å². The van der Waals surface area contributed by atoms with Gasteiger partial charge in [0.25, 0.3) is 0 Å². The Morgan fingerprint density at radius 1 is 1.38 bits per heavy atom. The molecule has 0 aliphatic carbocycles. The molecule has 1 aromatic carbocycles. The zero-order chi connectivity index (χ0) is 19.3. The summed E-state index contributed by atoms with van der Waals surface area (Å²) in [5.74, 6) is 0.753. The van der Waals surface area contributed by atoms with E-state index in [0.717, 1.165) is 36.3 Å². The van der Waals surface area contributed by atoms with Gasteiger partial charge in [-0.15, -0.1) is 0 Å². The number of aryl methyl sites for hydroxylation is 1. The van der Waals surface area contributed by atoms with Crippen LogP contribution in [0.3, 0.4) is 0 Å². The van der Waals surface area contributed by atoms with Gasteiger partial charge in [0.2, 0.25) is 0 Å². The van der Waals surface area contributed by atoms with Crippen molar-refractivity contribution in [2.45, 2.75) is 58.2 Å². The van der Waals surface area contributed by atoms with E-state index in [1.165, 1.54) is 4.90 Å². The lowest BCUT2D eigenvalue weighted by molar-refractivity contribution is 0.00453. The molecule has 1 aromatic rings. The fourth-order valence-electron chi connectivity index (χ4n) is 3.25. The number of amides is 1. The lowest BCUT2D eigenvalue weighted by Gasteiger charge is -2.35. The molecule has 1 saturated heterocycles. The van der Waals surface area contributed by atoms with Crippen LogP contribution in [0.15, 0.2) is 18.2 Å². The van der Waals surface area contributed by atoms with Crippen LogP contribution in [0.4, 0.5) is 14.9 Å². The fraction of sp³-hybridized carbons (Fsp3) is 0.650. The maximum absolute atomic E-state index is 14.5. The first-order chi connectivity index (χ1) is 12.2. The number of benzene rings is 1. The second-order valence-electron chi connectivity index (χ2n) is 7.95. The molecule has 0 saturated carbocycles. The maximum atomic E-state index is 14.5. The van der Waals surface area contributed by atoms with Crippen LogP contribution >= 0.6 is 0 Å². The van der Waals surface area contributed by atoms with Crippen LogP contribution in [0.1, 0.15) is 45.6 Å². The van der Waals surface area contributed by atoms with E-state index in [2.05, 4.69) is 0 Å². The molecule has 5 nitrogen and oxygen atoms in total. The summed E-state index contributed by atoms with van der Waals surface area (Å²) >= 11 is 0. The van der Waals surface area contributed by atoms with Crippen LogP contribution in [0.2, 0.25) is 0 Å². The smallest absolute Gasteiger partial charge is 0.410 e. The largest absolute Gasteiger partial charge is 0.497 e. The van der Waals surface area contributed by atoms with E-state index in [-0.39, 0.29) is 12.5 Å². The summed E-state index contributed by atoms with van der Waals surface area (Å²) in [7, 11) is 1.63. The Hall–Kier alpha value is -1.98. The van der Waals surface area contributed by atoms with E-state index >= 15 is 0 Å². The van der Waals surface area contributed by atoms with Crippen molar-refractivity contribution in [3.8, 4) is 5.75 Å². The molecule has 0 spiro atoms. The van der Waals surface area contributed by atoms with Gasteiger partial charge in [-0.3, -0.25) is 0 Å². The first-order valence-electron chi connectivity index (χ1n) is 9.24. The number of likely N-dealkylation sites (tertiary alicyclic amines) is 1. The maximum Gasteiger partial charge on any atom is 0.410 e. The molecule has 1 amide bonds. The third-order valence-corrected chi connectivity index (χ3v) is 4.70. The Morgan fingerprint density at radius 2 is 2.12 bits per heavy atom. The number of rotatable bonds is 5. The van der Waals surface area contributed by atoms with Gasteiger partial charge >= 0.3 is 6.09 Å². The number of ether oxygens (including phenoxy) is 2. The predicted molar refractivity (Wildman–Crippen MR) is 101 cm³/mol. The summed E-state index contributed by atoms with van der Waals surface area (Å²) in [4.78, 5) is 13.6. The van der Waals surface area contributed by atoms with Crippen LogP contribution in [0.25, 0.3) is 0 Å². The summed E-state index contributed by atoms with van der Waals surface area (Å²) < 4.78 is 25.1. The third kappa shape index (κ3) is 5.78. The van der Waals surface area contributed by atoms with Crippen LogP contribution in [0, 0.1) is 5.92 Å². The Kier molecular flexibility index (Phi) is 6.73. The number of anilines is 1. The number of alkyl halides is 1. The number of hydrogen-bond acceptors (Lipinski definition) is 4. The minimum absolute atomic E-state index is 0.0273. The van der Waals surface area contributed by atoms with E-state index in [1.54, 1.807) is 7.11 Å². The van der Waals surface area contributed by atoms with Gasteiger partial charge in [-0.05, 0) is 76.1 Å². The summed E-state index contributed by atoms with van der Waals surface area (Å²) in [6, 6.07) is 5.61. The number of nitrogens with two attached hydrogens (primary N) is 1. The van der Waals surface area contributed by atoms with Gasteiger partial charge in [0.15, 0.2) is 0 Å². The average Bonchev–Trinajstić information content (AvgIpc) is 2.56. The first-order valence-corrected chi connectivity index (χ1v) is 9.24. The highest BCUT2D eigenvalue weighted by Gasteiger charge is 2.33. The van der Waals surface area contributed by atoms with E-state index in [1.807, 2.05) is 39.0 Å². The fourth-order valence-corrected chi connectivity index (χ4v) is 3.25. The summed E-state index contributed by atoms with van der Waals surface area (Å²) in [6.45, 7) is 6.10. The molecule has 146 valence electrons. The van der Waals surface area contributed by atoms with E-state index in [0.29, 0.717) is 13.0 Å². The van der Waals surface area contributed by atoms with Crippen molar-refractivity contribution in [1.29, 1.82) is 0 Å². The van der Waals surface area contributed by atoms with Crippen molar-refractivity contribution in [2.24, 2.45) is 5.92 Å². The summed E-state index contributed by atoms with van der Waals surface area (Å²) in [6.07, 6.45) is 1.65. The lowest BCUT2D eigenvalue weighted by atomic mass is 9.89. The zero-order valence-corrected chi connectivity index (χ0v) is 16.3. The Balaban J connectivity index is 1.81. The number of hydrogen-bond donors (Lipinski definition) is 1. The number of piperidine rings is 1. The van der Waals surface area contributed by atoms with Crippen LogP contribution in [0.5, 0.6) is 5.75 Å². The van der Waals surface area contributed by atoms with Gasteiger partial charge in [0.1, 0.15) is 17.5 Å². The normalized spacial score (nSPS) is 20.7. The number of carbonyl (C=O) groups is 1. The molecule has 2 atom stereocenters. The summed E-state index contributed by atoms with van der Waals surface area (Å²) in [5, 5.41) is 0. The van der Waals surface area contributed by atoms with Gasteiger partial charge in [0, 0.05) is 12.2 Å². The highest BCUT2D eigenvalue weighted by molar-refractivity contribution is 5.68. The van der Waals surface area contributed by atoms with Crippen molar-refractivity contribution in [2.75, 3.05) is 25.9 Å². The minimum atomic E-state index is -1.01. The van der Waals surface area contributed by atoms with Gasteiger partial charge in [-0.2, -0.15) is 0 Å². The van der Waals surface area contributed by atoms with E-state index in [4.69, 9.17) is 15.2 Å². The molecular formula is C20H31FN2O3. The zero-order valence-electron chi connectivity index (χ0n) is 16.3. The summed E-state index contributed by atoms with van der Waals surface area (Å²) in [5.41, 5.74) is 7.22. The Bertz CT molecular complexity index is 616. The molecule has 26 heavy (non-hydrogen) atoms.